The van der Waals surface area contributed by atoms with Gasteiger partial charge in [0, 0.05) is 32.6 Å². The largest absolute Gasteiger partial charge is 0.343 e. The number of benzene rings is 1. The summed E-state index contributed by atoms with van der Waals surface area (Å²) in [7, 11) is 2.28. The Kier molecular flexibility index (Phi) is 4.77. The van der Waals surface area contributed by atoms with Gasteiger partial charge in [-0.15, -0.1) is 0 Å². The fraction of sp³-hybridized carbons (Fsp3) is 0.650. The van der Waals surface area contributed by atoms with Crippen LogP contribution in [0.2, 0.25) is 0 Å². The summed E-state index contributed by atoms with van der Waals surface area (Å²) in [6.07, 6.45) is 4.96. The van der Waals surface area contributed by atoms with Crippen LogP contribution in [0.1, 0.15) is 45.1 Å². The van der Waals surface area contributed by atoms with Gasteiger partial charge in [-0.2, -0.15) is 0 Å². The van der Waals surface area contributed by atoms with Crippen molar-refractivity contribution in [3.05, 3.63) is 35.9 Å². The average molecular weight is 314 g/mol. The van der Waals surface area contributed by atoms with Crippen LogP contribution < -0.4 is 0 Å². The van der Waals surface area contributed by atoms with Crippen LogP contribution in [0, 0.1) is 5.92 Å². The minimum Gasteiger partial charge on any atom is -0.343 e. The second kappa shape index (κ2) is 6.64. The number of hydrogen-bond acceptors (Lipinski definition) is 2. The van der Waals surface area contributed by atoms with E-state index >= 15 is 0 Å². The fourth-order valence-electron chi connectivity index (χ4n) is 4.51. The highest BCUT2D eigenvalue weighted by Gasteiger charge is 2.38. The topological polar surface area (TPSA) is 23.6 Å². The van der Waals surface area contributed by atoms with Crippen LogP contribution in [0.4, 0.5) is 0 Å². The van der Waals surface area contributed by atoms with Crippen LogP contribution in [0.3, 0.4) is 0 Å². The summed E-state index contributed by atoms with van der Waals surface area (Å²) in [6.45, 7) is 7.12. The highest BCUT2D eigenvalue weighted by atomic mass is 16.2. The summed E-state index contributed by atoms with van der Waals surface area (Å²) in [5.41, 5.74) is 1.81. The van der Waals surface area contributed by atoms with E-state index in [1.54, 1.807) is 6.92 Å². The highest BCUT2D eigenvalue weighted by Crippen LogP contribution is 2.42. The molecule has 1 saturated carbocycles. The lowest BCUT2D eigenvalue weighted by atomic mass is 9.81. The maximum atomic E-state index is 11.5. The predicted molar refractivity (Wildman–Crippen MR) is 94.4 cm³/mol. The van der Waals surface area contributed by atoms with Crippen molar-refractivity contribution >= 4 is 5.91 Å². The van der Waals surface area contributed by atoms with E-state index in [-0.39, 0.29) is 5.91 Å². The Morgan fingerprint density at radius 3 is 2.70 bits per heavy atom. The maximum absolute atomic E-state index is 11.5. The number of nitrogens with zero attached hydrogens (tertiary/aromatic N) is 2. The molecule has 0 spiro atoms. The Labute approximate surface area is 140 Å². The SMILES string of the molecule is CC(=O)N1CCC(CN(C)C2CCC(C)(c3ccccc3)C2)C1. The highest BCUT2D eigenvalue weighted by molar-refractivity contribution is 5.73. The third-order valence-corrected chi connectivity index (χ3v) is 6.09. The molecule has 0 radical (unpaired) electrons. The van der Waals surface area contributed by atoms with Gasteiger partial charge in [0.1, 0.15) is 0 Å². The first-order chi connectivity index (χ1) is 11.0. The summed E-state index contributed by atoms with van der Waals surface area (Å²) in [4.78, 5) is 16.0. The number of carbonyl (C=O) groups is 1. The first-order valence-electron chi connectivity index (χ1n) is 8.99. The van der Waals surface area contributed by atoms with Gasteiger partial charge >= 0.3 is 0 Å². The lowest BCUT2D eigenvalue weighted by Gasteiger charge is -2.30. The molecule has 23 heavy (non-hydrogen) atoms. The zero-order valence-corrected chi connectivity index (χ0v) is 14.8. The molecule has 1 aliphatic carbocycles. The summed E-state index contributed by atoms with van der Waals surface area (Å²) < 4.78 is 0. The van der Waals surface area contributed by atoms with Gasteiger partial charge in [0.2, 0.25) is 5.91 Å². The molecule has 3 unspecified atom stereocenters. The van der Waals surface area contributed by atoms with Crippen LogP contribution in [0.5, 0.6) is 0 Å². The van der Waals surface area contributed by atoms with E-state index < -0.39 is 0 Å². The Hall–Kier alpha value is -1.35. The van der Waals surface area contributed by atoms with E-state index in [0.717, 1.165) is 26.1 Å². The molecule has 1 saturated heterocycles. The third kappa shape index (κ3) is 3.60. The molecule has 1 aliphatic heterocycles. The summed E-state index contributed by atoms with van der Waals surface area (Å²) in [5, 5.41) is 0. The Morgan fingerprint density at radius 2 is 2.04 bits per heavy atom. The maximum Gasteiger partial charge on any atom is 0.219 e. The average Bonchev–Trinajstić information content (AvgIpc) is 3.16. The lowest BCUT2D eigenvalue weighted by molar-refractivity contribution is -0.127. The molecule has 3 atom stereocenters. The van der Waals surface area contributed by atoms with Gasteiger partial charge in [0.25, 0.3) is 0 Å². The molecule has 2 fully saturated rings. The van der Waals surface area contributed by atoms with Gasteiger partial charge < -0.3 is 9.80 Å². The normalized spacial score (nSPS) is 31.0. The molecular formula is C20H30N2O. The number of amides is 1. The van der Waals surface area contributed by atoms with Crippen LogP contribution in [-0.2, 0) is 10.2 Å². The van der Waals surface area contributed by atoms with Gasteiger partial charge in [0.05, 0.1) is 0 Å². The standard InChI is InChI=1S/C20H30N2O/c1-16(23)22-12-10-17(15-22)14-21(3)19-9-11-20(2,13-19)18-7-5-4-6-8-18/h4-8,17,19H,9-15H2,1-3H3. The lowest BCUT2D eigenvalue weighted by Crippen LogP contribution is -2.36. The Balaban J connectivity index is 1.56. The van der Waals surface area contributed by atoms with E-state index in [2.05, 4.69) is 49.2 Å². The predicted octanol–water partition coefficient (Wildman–Crippen LogP) is 3.30. The van der Waals surface area contributed by atoms with E-state index in [1.807, 2.05) is 4.90 Å². The molecule has 0 N–H and O–H groups in total. The molecule has 2 aliphatic rings. The first kappa shape index (κ1) is 16.5. The molecule has 1 aromatic carbocycles. The summed E-state index contributed by atoms with van der Waals surface area (Å²) in [6, 6.07) is 11.7. The Morgan fingerprint density at radius 1 is 1.30 bits per heavy atom. The monoisotopic (exact) mass is 314 g/mol. The molecule has 1 heterocycles. The summed E-state index contributed by atoms with van der Waals surface area (Å²) >= 11 is 0. The number of likely N-dealkylation sites (tertiary alicyclic amines) is 1. The molecule has 0 aromatic heterocycles. The molecule has 1 aromatic rings. The van der Waals surface area contributed by atoms with E-state index in [1.165, 1.54) is 24.8 Å². The van der Waals surface area contributed by atoms with Crippen molar-refractivity contribution in [1.29, 1.82) is 0 Å². The van der Waals surface area contributed by atoms with Crippen molar-refractivity contribution in [2.75, 3.05) is 26.7 Å². The van der Waals surface area contributed by atoms with E-state index in [0.29, 0.717) is 17.4 Å². The van der Waals surface area contributed by atoms with E-state index in [4.69, 9.17) is 0 Å². The minimum atomic E-state index is 0.229. The van der Waals surface area contributed by atoms with Crippen LogP contribution in [-0.4, -0.2) is 48.4 Å². The van der Waals surface area contributed by atoms with Crippen molar-refractivity contribution in [3.63, 3.8) is 0 Å². The smallest absolute Gasteiger partial charge is 0.219 e. The van der Waals surface area contributed by atoms with Crippen molar-refractivity contribution in [3.8, 4) is 0 Å². The van der Waals surface area contributed by atoms with Crippen molar-refractivity contribution in [2.45, 2.75) is 51.0 Å². The molecule has 3 rings (SSSR count). The molecule has 3 nitrogen and oxygen atoms in total. The first-order valence-corrected chi connectivity index (χ1v) is 8.99. The fourth-order valence-corrected chi connectivity index (χ4v) is 4.51. The second-order valence-electron chi connectivity index (χ2n) is 7.88. The van der Waals surface area contributed by atoms with Crippen LogP contribution in [0.25, 0.3) is 0 Å². The van der Waals surface area contributed by atoms with Gasteiger partial charge in [-0.05, 0) is 49.6 Å². The zero-order chi connectivity index (χ0) is 16.4. The number of hydrogen-bond donors (Lipinski definition) is 0. The quantitative estimate of drug-likeness (QED) is 0.851. The van der Waals surface area contributed by atoms with Gasteiger partial charge in [0.15, 0.2) is 0 Å². The van der Waals surface area contributed by atoms with Crippen LogP contribution >= 0.6 is 0 Å². The summed E-state index contributed by atoms with van der Waals surface area (Å²) in [5.74, 6) is 0.875. The third-order valence-electron chi connectivity index (χ3n) is 6.09. The van der Waals surface area contributed by atoms with Crippen molar-refractivity contribution in [2.24, 2.45) is 5.92 Å². The van der Waals surface area contributed by atoms with Crippen molar-refractivity contribution < 1.29 is 4.79 Å². The molecule has 1 amide bonds. The van der Waals surface area contributed by atoms with Crippen molar-refractivity contribution in [1.82, 2.24) is 9.80 Å². The molecule has 126 valence electrons. The Bertz CT molecular complexity index is 544. The number of carbonyl (C=O) groups excluding carboxylic acids is 1. The zero-order valence-electron chi connectivity index (χ0n) is 14.8. The second-order valence-corrected chi connectivity index (χ2v) is 7.88. The van der Waals surface area contributed by atoms with E-state index in [9.17, 15) is 4.79 Å². The number of rotatable bonds is 4. The molecule has 0 bridgehead atoms. The van der Waals surface area contributed by atoms with Gasteiger partial charge in [-0.3, -0.25) is 4.79 Å². The van der Waals surface area contributed by atoms with Gasteiger partial charge in [-0.1, -0.05) is 37.3 Å². The minimum absolute atomic E-state index is 0.229. The van der Waals surface area contributed by atoms with Crippen LogP contribution in [0.15, 0.2) is 30.3 Å². The molecular weight excluding hydrogens is 284 g/mol. The van der Waals surface area contributed by atoms with Gasteiger partial charge in [-0.25, -0.2) is 0 Å². The molecule has 3 heteroatoms.